The third-order valence-electron chi connectivity index (χ3n) is 4.16. The molecule has 0 unspecified atom stereocenters. The van der Waals surface area contributed by atoms with Crippen LogP contribution in [0, 0.1) is 0 Å². The predicted molar refractivity (Wildman–Crippen MR) is 103 cm³/mol. The largest absolute Gasteiger partial charge is 0.363 e. The molecular formula is C19H31N5. The fourth-order valence-corrected chi connectivity index (χ4v) is 2.79. The lowest BCUT2D eigenvalue weighted by molar-refractivity contribution is 0.665. The molecule has 2 rings (SSSR count). The van der Waals surface area contributed by atoms with Crippen molar-refractivity contribution < 1.29 is 0 Å². The summed E-state index contributed by atoms with van der Waals surface area (Å²) in [5.74, 6) is 1.85. The Labute approximate surface area is 146 Å². The molecule has 0 saturated heterocycles. The molecule has 132 valence electrons. The van der Waals surface area contributed by atoms with Crippen molar-refractivity contribution >= 4 is 11.8 Å². The van der Waals surface area contributed by atoms with E-state index in [0.717, 1.165) is 31.3 Å². The molecule has 1 aliphatic carbocycles. The number of hydrogen-bond donors (Lipinski definition) is 2. The van der Waals surface area contributed by atoms with E-state index in [-0.39, 0.29) is 0 Å². The molecule has 0 radical (unpaired) electrons. The van der Waals surface area contributed by atoms with Crippen molar-refractivity contribution in [3.63, 3.8) is 0 Å². The highest BCUT2D eigenvalue weighted by molar-refractivity contribution is 5.79. The lowest BCUT2D eigenvalue weighted by Gasteiger charge is -2.15. The monoisotopic (exact) mass is 329 g/mol. The van der Waals surface area contributed by atoms with E-state index in [1.165, 1.54) is 31.2 Å². The van der Waals surface area contributed by atoms with Crippen molar-refractivity contribution in [1.82, 2.24) is 15.6 Å². The molecule has 2 N–H and O–H groups in total. The first-order valence-corrected chi connectivity index (χ1v) is 9.01. The maximum atomic E-state index is 4.70. The molecule has 0 aromatic carbocycles. The number of pyridine rings is 1. The van der Waals surface area contributed by atoms with Gasteiger partial charge in [0.15, 0.2) is 5.96 Å². The molecule has 0 amide bonds. The SMILES string of the molecule is CCNC(=NCc1ccnc(N(C)C)c1)NCCC1=CCCCC1. The van der Waals surface area contributed by atoms with Crippen LogP contribution in [0.3, 0.4) is 0 Å². The fourth-order valence-electron chi connectivity index (χ4n) is 2.79. The van der Waals surface area contributed by atoms with Gasteiger partial charge in [0.1, 0.15) is 5.82 Å². The van der Waals surface area contributed by atoms with Gasteiger partial charge in [-0.25, -0.2) is 9.98 Å². The van der Waals surface area contributed by atoms with Gasteiger partial charge in [0, 0.05) is 33.4 Å². The second-order valence-electron chi connectivity index (χ2n) is 6.40. The molecule has 0 aliphatic heterocycles. The Morgan fingerprint density at radius 1 is 1.29 bits per heavy atom. The summed E-state index contributed by atoms with van der Waals surface area (Å²) in [6.45, 7) is 4.56. The van der Waals surface area contributed by atoms with Crippen molar-refractivity contribution in [1.29, 1.82) is 0 Å². The number of nitrogens with zero attached hydrogens (tertiary/aromatic N) is 3. The first kappa shape index (κ1) is 18.3. The standard InChI is InChI=1S/C19H31N5/c1-4-20-19(22-13-10-16-8-6-5-7-9-16)23-15-17-11-12-21-18(14-17)24(2)3/h8,11-12,14H,4-7,9-10,13,15H2,1-3H3,(H2,20,22,23). The minimum absolute atomic E-state index is 0.654. The lowest BCUT2D eigenvalue weighted by Crippen LogP contribution is -2.37. The number of aliphatic imine (C=N–C) groups is 1. The number of allylic oxidation sites excluding steroid dienone is 1. The van der Waals surface area contributed by atoms with Crippen molar-refractivity contribution in [2.45, 2.75) is 45.6 Å². The zero-order chi connectivity index (χ0) is 17.2. The second kappa shape index (κ2) is 9.96. The predicted octanol–water partition coefficient (Wildman–Crippen LogP) is 3.09. The summed E-state index contributed by atoms with van der Waals surface area (Å²) in [6.07, 6.45) is 10.6. The Hall–Kier alpha value is -2.04. The highest BCUT2D eigenvalue weighted by Crippen LogP contribution is 2.19. The zero-order valence-electron chi connectivity index (χ0n) is 15.3. The van der Waals surface area contributed by atoms with Crippen molar-refractivity contribution in [2.24, 2.45) is 4.99 Å². The van der Waals surface area contributed by atoms with Gasteiger partial charge < -0.3 is 15.5 Å². The molecule has 1 aliphatic rings. The van der Waals surface area contributed by atoms with E-state index in [2.05, 4.69) is 34.7 Å². The van der Waals surface area contributed by atoms with E-state index in [0.29, 0.717) is 6.54 Å². The van der Waals surface area contributed by atoms with Crippen molar-refractivity contribution in [2.75, 3.05) is 32.1 Å². The first-order valence-electron chi connectivity index (χ1n) is 9.01. The average Bonchev–Trinajstić information content (AvgIpc) is 2.61. The number of nitrogens with one attached hydrogen (secondary N) is 2. The highest BCUT2D eigenvalue weighted by Gasteiger charge is 2.04. The minimum atomic E-state index is 0.654. The number of rotatable bonds is 7. The van der Waals surface area contributed by atoms with Crippen LogP contribution in [0.25, 0.3) is 0 Å². The number of aromatic nitrogens is 1. The van der Waals surface area contributed by atoms with Gasteiger partial charge in [-0.15, -0.1) is 0 Å². The molecule has 5 heteroatoms. The smallest absolute Gasteiger partial charge is 0.191 e. The highest BCUT2D eigenvalue weighted by atomic mass is 15.2. The summed E-state index contributed by atoms with van der Waals surface area (Å²) in [5.41, 5.74) is 2.76. The number of guanidine groups is 1. The number of anilines is 1. The van der Waals surface area contributed by atoms with Crippen molar-refractivity contribution in [3.8, 4) is 0 Å². The average molecular weight is 329 g/mol. The first-order chi connectivity index (χ1) is 11.7. The molecule has 0 bridgehead atoms. The van der Waals surface area contributed by atoms with Gasteiger partial charge in [0.2, 0.25) is 0 Å². The fraction of sp³-hybridized carbons (Fsp3) is 0.579. The number of hydrogen-bond acceptors (Lipinski definition) is 3. The molecule has 24 heavy (non-hydrogen) atoms. The van der Waals surface area contributed by atoms with E-state index in [1.54, 1.807) is 5.57 Å². The molecule has 5 nitrogen and oxygen atoms in total. The van der Waals surface area contributed by atoms with E-state index >= 15 is 0 Å². The van der Waals surface area contributed by atoms with Gasteiger partial charge >= 0.3 is 0 Å². The molecule has 1 aromatic rings. The Morgan fingerprint density at radius 3 is 2.88 bits per heavy atom. The summed E-state index contributed by atoms with van der Waals surface area (Å²) in [5, 5.41) is 6.77. The maximum absolute atomic E-state index is 4.70. The Balaban J connectivity index is 1.87. The molecule has 1 aromatic heterocycles. The van der Waals surface area contributed by atoms with E-state index in [4.69, 9.17) is 4.99 Å². The topological polar surface area (TPSA) is 52.6 Å². The quantitative estimate of drug-likeness (QED) is 0.458. The molecule has 0 spiro atoms. The van der Waals surface area contributed by atoms with Crippen molar-refractivity contribution in [3.05, 3.63) is 35.5 Å². The summed E-state index contributed by atoms with van der Waals surface area (Å²) >= 11 is 0. The molecule has 0 atom stereocenters. The third-order valence-corrected chi connectivity index (χ3v) is 4.16. The summed E-state index contributed by atoms with van der Waals surface area (Å²) < 4.78 is 0. The molecule has 0 fully saturated rings. The van der Waals surface area contributed by atoms with E-state index in [1.807, 2.05) is 31.3 Å². The Kier molecular flexibility index (Phi) is 7.59. The lowest BCUT2D eigenvalue weighted by atomic mass is 9.97. The van der Waals surface area contributed by atoms with Gasteiger partial charge in [0.25, 0.3) is 0 Å². The van der Waals surface area contributed by atoms with Gasteiger partial charge in [0.05, 0.1) is 6.54 Å². The van der Waals surface area contributed by atoms with Crippen LogP contribution < -0.4 is 15.5 Å². The maximum Gasteiger partial charge on any atom is 0.191 e. The Bertz CT molecular complexity index is 563. The molecule has 1 heterocycles. The van der Waals surface area contributed by atoms with Gasteiger partial charge in [-0.2, -0.15) is 0 Å². The normalized spacial score (nSPS) is 15.0. The summed E-state index contributed by atoms with van der Waals surface area (Å²) in [6, 6.07) is 4.10. The van der Waals surface area contributed by atoms with Gasteiger partial charge in [-0.05, 0) is 56.7 Å². The van der Waals surface area contributed by atoms with Crippen LogP contribution in [0.5, 0.6) is 0 Å². The van der Waals surface area contributed by atoms with Crippen LogP contribution in [0.1, 0.15) is 44.6 Å². The third kappa shape index (κ3) is 6.22. The van der Waals surface area contributed by atoms with E-state index in [9.17, 15) is 0 Å². The van der Waals surface area contributed by atoms with Crippen LogP contribution in [0.15, 0.2) is 35.0 Å². The van der Waals surface area contributed by atoms with Crippen LogP contribution in [-0.4, -0.2) is 38.1 Å². The van der Waals surface area contributed by atoms with Crippen LogP contribution in [0.2, 0.25) is 0 Å². The van der Waals surface area contributed by atoms with Crippen LogP contribution >= 0.6 is 0 Å². The summed E-state index contributed by atoms with van der Waals surface area (Å²) in [7, 11) is 4.00. The van der Waals surface area contributed by atoms with E-state index < -0.39 is 0 Å². The molecular weight excluding hydrogens is 298 g/mol. The summed E-state index contributed by atoms with van der Waals surface area (Å²) in [4.78, 5) is 11.0. The second-order valence-corrected chi connectivity index (χ2v) is 6.40. The van der Waals surface area contributed by atoms with Crippen LogP contribution in [0.4, 0.5) is 5.82 Å². The molecule has 0 saturated carbocycles. The van der Waals surface area contributed by atoms with Gasteiger partial charge in [-0.3, -0.25) is 0 Å². The minimum Gasteiger partial charge on any atom is -0.363 e. The Morgan fingerprint density at radius 2 is 2.17 bits per heavy atom. The zero-order valence-corrected chi connectivity index (χ0v) is 15.3. The van der Waals surface area contributed by atoms with Crippen LogP contribution in [-0.2, 0) is 6.54 Å². The van der Waals surface area contributed by atoms with Gasteiger partial charge in [-0.1, -0.05) is 11.6 Å².